The maximum Gasteiger partial charge on any atom is 0.254 e. The number of likely N-dealkylation sites (tertiary alicyclic amines) is 1. The summed E-state index contributed by atoms with van der Waals surface area (Å²) in [5.41, 5.74) is 2.37. The van der Waals surface area contributed by atoms with Crippen molar-refractivity contribution in [3.63, 3.8) is 0 Å². The molecule has 0 saturated carbocycles. The molecule has 1 aliphatic rings. The molecule has 3 aromatic rings. The number of carbonyl (C=O) groups is 2. The molecular formula is C27H29Cl2N7O4. The molecule has 2 heterocycles. The van der Waals surface area contributed by atoms with Gasteiger partial charge >= 0.3 is 0 Å². The Bertz CT molecular complexity index is 1430. The van der Waals surface area contributed by atoms with Gasteiger partial charge in [-0.05, 0) is 48.1 Å². The zero-order chi connectivity index (χ0) is 28.8. The fourth-order valence-corrected chi connectivity index (χ4v) is 5.32. The van der Waals surface area contributed by atoms with Gasteiger partial charge in [-0.15, -0.1) is 4.99 Å². The van der Waals surface area contributed by atoms with Gasteiger partial charge in [0, 0.05) is 25.0 Å². The van der Waals surface area contributed by atoms with Crippen LogP contribution >= 0.6 is 23.2 Å². The fourth-order valence-electron chi connectivity index (χ4n) is 4.65. The highest BCUT2D eigenvalue weighted by molar-refractivity contribution is 6.39. The Balaban J connectivity index is 1.39. The molecule has 1 amide bonds. The number of benzene rings is 2. The van der Waals surface area contributed by atoms with Crippen LogP contribution in [0.1, 0.15) is 53.3 Å². The van der Waals surface area contributed by atoms with E-state index in [2.05, 4.69) is 25.8 Å². The summed E-state index contributed by atoms with van der Waals surface area (Å²) in [4.78, 5) is 30.1. The zero-order valence-corrected chi connectivity index (χ0v) is 23.2. The third kappa shape index (κ3) is 6.89. The summed E-state index contributed by atoms with van der Waals surface area (Å²) in [6.45, 7) is 2.73. The summed E-state index contributed by atoms with van der Waals surface area (Å²) in [6.07, 6.45) is 3.46. The van der Waals surface area contributed by atoms with Crippen LogP contribution in [-0.2, 0) is 4.79 Å². The molecular weight excluding hydrogens is 557 g/mol. The van der Waals surface area contributed by atoms with Crippen molar-refractivity contribution < 1.29 is 19.8 Å². The largest absolute Gasteiger partial charge is 0.391 e. The maximum atomic E-state index is 13.0. The number of nitrogens with one attached hydrogen (secondary N) is 3. The number of halogens is 2. The van der Waals surface area contributed by atoms with E-state index in [1.54, 1.807) is 17.3 Å². The molecule has 13 heteroatoms. The first kappa shape index (κ1) is 29.3. The Morgan fingerprint density at radius 1 is 1.32 bits per heavy atom. The average Bonchev–Trinajstić information content (AvgIpc) is 3.58. The van der Waals surface area contributed by atoms with E-state index < -0.39 is 24.2 Å². The van der Waals surface area contributed by atoms with E-state index in [9.17, 15) is 19.8 Å². The second-order valence-corrected chi connectivity index (χ2v) is 10.6. The standard InChI is InChI=1S/C27H29Cl2N7O4/c1-15(16-2-3-17-10-33-35-23(17)9-16)6-24(39)18-7-21(28)25(22(29)8-18)26(40)34-19(13-37)11-31-27(32-14-30)36-5-4-20(38)12-36/h2-3,7-10,13,15,19-20,24,38-39H,4-6,11-12H2,1H3,(H,31,32)(H,33,35)(H,34,40)/t15?,19-,20-,24?/m0/s1. The quantitative estimate of drug-likeness (QED) is 0.110. The third-order valence-electron chi connectivity index (χ3n) is 6.87. The first-order chi connectivity index (χ1) is 19.2. The predicted octanol–water partition coefficient (Wildman–Crippen LogP) is 2.89. The SMILES string of the molecule is CC(CC(O)c1cc(Cl)c(C(=O)N[C@H](C=O)CN/C(=N\C#N)N2CC[C@H](O)C2)c(Cl)c1)c1ccc2cn[nH]c2c1. The molecule has 1 saturated heterocycles. The molecule has 1 aromatic heterocycles. The van der Waals surface area contributed by atoms with E-state index in [-0.39, 0.29) is 34.0 Å². The smallest absolute Gasteiger partial charge is 0.254 e. The first-order valence-corrected chi connectivity index (χ1v) is 13.5. The summed E-state index contributed by atoms with van der Waals surface area (Å²) in [5.74, 6) is -0.470. The molecule has 2 unspecified atom stereocenters. The van der Waals surface area contributed by atoms with Crippen molar-refractivity contribution in [3.8, 4) is 6.19 Å². The van der Waals surface area contributed by atoms with Gasteiger partial charge in [0.05, 0.1) is 39.5 Å². The van der Waals surface area contributed by atoms with E-state index in [1.165, 1.54) is 12.1 Å². The number of H-pyrrole nitrogens is 1. The molecule has 40 heavy (non-hydrogen) atoms. The van der Waals surface area contributed by atoms with Gasteiger partial charge in [-0.1, -0.05) is 42.3 Å². The predicted molar refractivity (Wildman–Crippen MR) is 151 cm³/mol. The van der Waals surface area contributed by atoms with Crippen molar-refractivity contribution in [2.75, 3.05) is 19.6 Å². The van der Waals surface area contributed by atoms with Crippen molar-refractivity contribution in [1.29, 1.82) is 5.26 Å². The van der Waals surface area contributed by atoms with Gasteiger partial charge in [-0.25, -0.2) is 0 Å². The zero-order valence-electron chi connectivity index (χ0n) is 21.6. The number of nitrogens with zero attached hydrogens (tertiary/aromatic N) is 4. The van der Waals surface area contributed by atoms with Crippen LogP contribution in [0.15, 0.2) is 41.5 Å². The number of aliphatic imine (C=N–C) groups is 1. The van der Waals surface area contributed by atoms with Crippen molar-refractivity contribution in [2.24, 2.45) is 4.99 Å². The Hall–Kier alpha value is -3.69. The molecule has 4 rings (SSSR count). The number of guanidine groups is 1. The lowest BCUT2D eigenvalue weighted by molar-refractivity contribution is -0.109. The van der Waals surface area contributed by atoms with Crippen LogP contribution in [0, 0.1) is 11.5 Å². The van der Waals surface area contributed by atoms with Gasteiger partial charge < -0.3 is 30.5 Å². The number of β-amino-alcohol motifs (C(OH)–C–C–N with tert-alkyl or cyclic N) is 1. The van der Waals surface area contributed by atoms with Crippen LogP contribution in [0.4, 0.5) is 0 Å². The lowest BCUT2D eigenvalue weighted by Gasteiger charge is -2.22. The number of aliphatic hydroxyl groups excluding tert-OH is 2. The number of aromatic nitrogens is 2. The topological polar surface area (TPSA) is 167 Å². The normalized spacial score (nSPS) is 17.8. The van der Waals surface area contributed by atoms with E-state index in [4.69, 9.17) is 28.5 Å². The molecule has 1 fully saturated rings. The van der Waals surface area contributed by atoms with Gasteiger partial charge in [0.25, 0.3) is 5.91 Å². The molecule has 0 bridgehead atoms. The van der Waals surface area contributed by atoms with E-state index >= 15 is 0 Å². The number of aldehydes is 1. The van der Waals surface area contributed by atoms with Crippen molar-refractivity contribution in [1.82, 2.24) is 25.7 Å². The second-order valence-electron chi connectivity index (χ2n) is 9.75. The molecule has 0 radical (unpaired) electrons. The van der Waals surface area contributed by atoms with Crippen LogP contribution in [-0.4, -0.2) is 75.2 Å². The van der Waals surface area contributed by atoms with Crippen LogP contribution in [0.5, 0.6) is 0 Å². The summed E-state index contributed by atoms with van der Waals surface area (Å²) < 4.78 is 0. The number of amides is 1. The maximum absolute atomic E-state index is 13.0. The lowest BCUT2D eigenvalue weighted by Crippen LogP contribution is -2.48. The van der Waals surface area contributed by atoms with Gasteiger partial charge in [-0.3, -0.25) is 9.89 Å². The minimum Gasteiger partial charge on any atom is -0.391 e. The van der Waals surface area contributed by atoms with Gasteiger partial charge in [0.1, 0.15) is 12.3 Å². The van der Waals surface area contributed by atoms with Gasteiger partial charge in [0.15, 0.2) is 0 Å². The highest BCUT2D eigenvalue weighted by Gasteiger charge is 2.25. The summed E-state index contributed by atoms with van der Waals surface area (Å²) >= 11 is 12.8. The monoisotopic (exact) mass is 585 g/mol. The number of hydrogen-bond acceptors (Lipinski definition) is 7. The van der Waals surface area contributed by atoms with Crippen LogP contribution in [0.2, 0.25) is 10.0 Å². The number of hydrogen-bond donors (Lipinski definition) is 5. The van der Waals surface area contributed by atoms with E-state index in [0.29, 0.717) is 37.8 Å². The Kier molecular flexibility index (Phi) is 9.60. The van der Waals surface area contributed by atoms with E-state index in [0.717, 1.165) is 16.5 Å². The first-order valence-electron chi connectivity index (χ1n) is 12.7. The number of aliphatic hydroxyl groups is 2. The molecule has 210 valence electrons. The molecule has 5 N–H and O–H groups in total. The third-order valence-corrected chi connectivity index (χ3v) is 7.46. The van der Waals surface area contributed by atoms with E-state index in [1.807, 2.05) is 25.1 Å². The molecule has 2 aromatic carbocycles. The highest BCUT2D eigenvalue weighted by Crippen LogP contribution is 2.34. The minimum atomic E-state index is -0.991. The molecule has 0 aliphatic carbocycles. The minimum absolute atomic E-state index is 0.00219. The number of rotatable bonds is 9. The molecule has 1 aliphatic heterocycles. The van der Waals surface area contributed by atoms with Crippen molar-refractivity contribution in [3.05, 3.63) is 63.3 Å². The number of fused-ring (bicyclic) bond motifs is 1. The second kappa shape index (κ2) is 13.1. The molecule has 4 atom stereocenters. The van der Waals surface area contributed by atoms with Crippen LogP contribution in [0.25, 0.3) is 10.9 Å². The summed E-state index contributed by atoms with van der Waals surface area (Å²) in [5, 5.41) is 43.1. The Labute approximate surface area is 240 Å². The number of nitriles is 1. The van der Waals surface area contributed by atoms with Gasteiger partial charge in [-0.2, -0.15) is 10.4 Å². The van der Waals surface area contributed by atoms with Crippen LogP contribution < -0.4 is 10.6 Å². The van der Waals surface area contributed by atoms with Crippen molar-refractivity contribution >= 4 is 52.3 Å². The highest BCUT2D eigenvalue weighted by atomic mass is 35.5. The van der Waals surface area contributed by atoms with Crippen molar-refractivity contribution in [2.45, 2.75) is 43.9 Å². The number of aromatic amines is 1. The fraction of sp³-hybridized carbons (Fsp3) is 0.370. The summed E-state index contributed by atoms with van der Waals surface area (Å²) in [7, 11) is 0. The lowest BCUT2D eigenvalue weighted by atomic mass is 9.91. The van der Waals surface area contributed by atoms with Crippen LogP contribution in [0.3, 0.4) is 0 Å². The Morgan fingerprint density at radius 2 is 2.08 bits per heavy atom. The average molecular weight is 586 g/mol. The Morgan fingerprint density at radius 3 is 2.73 bits per heavy atom. The molecule has 0 spiro atoms. The van der Waals surface area contributed by atoms with Gasteiger partial charge in [0.2, 0.25) is 12.2 Å². The number of carbonyl (C=O) groups excluding carboxylic acids is 2. The molecule has 11 nitrogen and oxygen atoms in total. The summed E-state index contributed by atoms with van der Waals surface area (Å²) in [6, 6.07) is 7.94.